The Hall–Kier alpha value is -4.00. The van der Waals surface area contributed by atoms with Crippen LogP contribution in [-0.4, -0.2) is 26.5 Å². The first-order valence-electron chi connectivity index (χ1n) is 9.04. The van der Waals surface area contributed by atoms with E-state index in [0.29, 0.717) is 28.0 Å². The van der Waals surface area contributed by atoms with Gasteiger partial charge in [0, 0.05) is 17.4 Å². The van der Waals surface area contributed by atoms with Gasteiger partial charge in [-0.05, 0) is 38.1 Å². The van der Waals surface area contributed by atoms with Crippen LogP contribution in [0.25, 0.3) is 16.7 Å². The van der Waals surface area contributed by atoms with Crippen molar-refractivity contribution < 1.29 is 9.59 Å². The average molecular weight is 386 g/mol. The molecule has 2 N–H and O–H groups in total. The van der Waals surface area contributed by atoms with E-state index >= 15 is 0 Å². The minimum Gasteiger partial charge on any atom is -0.345 e. The first-order valence-corrected chi connectivity index (χ1v) is 9.04. The number of benzene rings is 2. The Balaban J connectivity index is 1.74. The van der Waals surface area contributed by atoms with Gasteiger partial charge in [-0.3, -0.25) is 14.4 Å². The van der Waals surface area contributed by atoms with Crippen molar-refractivity contribution in [2.24, 2.45) is 0 Å². The van der Waals surface area contributed by atoms with Gasteiger partial charge in [-0.1, -0.05) is 30.3 Å². The van der Waals surface area contributed by atoms with Gasteiger partial charge in [-0.25, -0.2) is 4.68 Å². The summed E-state index contributed by atoms with van der Waals surface area (Å²) in [5, 5.41) is 7.49. The molecule has 0 unspecified atom stereocenters. The van der Waals surface area contributed by atoms with E-state index in [9.17, 15) is 14.4 Å². The molecule has 2 aromatic carbocycles. The summed E-state index contributed by atoms with van der Waals surface area (Å²) >= 11 is 0. The summed E-state index contributed by atoms with van der Waals surface area (Å²) in [5.74, 6) is -0.662. The number of nitrogens with zero attached hydrogens (tertiary/aromatic N) is 2. The van der Waals surface area contributed by atoms with Crippen molar-refractivity contribution in [1.82, 2.24) is 14.8 Å². The Labute approximate surface area is 166 Å². The molecule has 0 aliphatic rings. The SMILES string of the molecule is CC(=O)c1cccc(NC(=O)c2c[nH]c3c(c(C)nn3-c3ccccc3)c2=O)c1. The number of rotatable bonds is 4. The minimum atomic E-state index is -0.555. The van der Waals surface area contributed by atoms with E-state index in [4.69, 9.17) is 0 Å². The molecule has 2 heterocycles. The average Bonchev–Trinajstić information content (AvgIpc) is 3.06. The van der Waals surface area contributed by atoms with E-state index < -0.39 is 11.3 Å². The molecule has 0 saturated heterocycles. The smallest absolute Gasteiger partial charge is 0.261 e. The predicted molar refractivity (Wildman–Crippen MR) is 111 cm³/mol. The maximum Gasteiger partial charge on any atom is 0.261 e. The monoisotopic (exact) mass is 386 g/mol. The highest BCUT2D eigenvalue weighted by molar-refractivity contribution is 6.06. The largest absolute Gasteiger partial charge is 0.345 e. The fraction of sp³-hybridized carbons (Fsp3) is 0.0909. The quantitative estimate of drug-likeness (QED) is 0.525. The fourth-order valence-electron chi connectivity index (χ4n) is 3.21. The summed E-state index contributed by atoms with van der Waals surface area (Å²) in [6.07, 6.45) is 1.38. The van der Waals surface area contributed by atoms with Crippen LogP contribution in [0.1, 0.15) is 33.3 Å². The molecule has 0 radical (unpaired) electrons. The predicted octanol–water partition coefficient (Wildman–Crippen LogP) is 3.48. The molecule has 4 rings (SSSR count). The standard InChI is InChI=1S/C22H18N4O3/c1-13-19-20(28)18(22(29)24-16-8-6-7-15(11-16)14(2)27)12-23-21(19)26(25-13)17-9-4-3-5-10-17/h3-12H,1-2H3,(H,23,28)(H,24,29). The Bertz CT molecular complexity index is 1300. The minimum absolute atomic E-state index is 0.0264. The zero-order valence-electron chi connectivity index (χ0n) is 15.9. The van der Waals surface area contributed by atoms with Crippen LogP contribution in [0.2, 0.25) is 0 Å². The van der Waals surface area contributed by atoms with Crippen LogP contribution < -0.4 is 10.7 Å². The molecule has 144 valence electrons. The molecule has 0 bridgehead atoms. The maximum atomic E-state index is 13.0. The number of carbonyl (C=O) groups is 2. The van der Waals surface area contributed by atoms with Crippen LogP contribution in [0.4, 0.5) is 5.69 Å². The van der Waals surface area contributed by atoms with E-state index in [-0.39, 0.29) is 11.3 Å². The molecule has 4 aromatic rings. The van der Waals surface area contributed by atoms with Crippen LogP contribution in [0, 0.1) is 6.92 Å². The number of ketones is 1. The molecule has 7 nitrogen and oxygen atoms in total. The molecular weight excluding hydrogens is 368 g/mol. The van der Waals surface area contributed by atoms with Gasteiger partial charge in [-0.2, -0.15) is 5.10 Å². The number of pyridine rings is 1. The van der Waals surface area contributed by atoms with Gasteiger partial charge in [0.25, 0.3) is 5.91 Å². The molecule has 0 spiro atoms. The Kier molecular flexibility index (Phi) is 4.56. The summed E-state index contributed by atoms with van der Waals surface area (Å²) in [6.45, 7) is 3.18. The van der Waals surface area contributed by atoms with E-state index in [1.807, 2.05) is 30.3 Å². The van der Waals surface area contributed by atoms with Crippen molar-refractivity contribution in [2.75, 3.05) is 5.32 Å². The molecule has 2 aromatic heterocycles. The lowest BCUT2D eigenvalue weighted by molar-refractivity contribution is 0.101. The topological polar surface area (TPSA) is 96.8 Å². The third-order valence-corrected chi connectivity index (χ3v) is 4.66. The zero-order chi connectivity index (χ0) is 20.5. The number of nitrogens with one attached hydrogen (secondary N) is 2. The highest BCUT2D eigenvalue weighted by Gasteiger charge is 2.19. The zero-order valence-corrected chi connectivity index (χ0v) is 15.9. The molecule has 7 heteroatoms. The molecule has 0 atom stereocenters. The number of hydrogen-bond donors (Lipinski definition) is 2. The summed E-state index contributed by atoms with van der Waals surface area (Å²) in [4.78, 5) is 40.3. The number of aromatic amines is 1. The number of carbonyl (C=O) groups excluding carboxylic acids is 2. The van der Waals surface area contributed by atoms with Gasteiger partial charge < -0.3 is 10.3 Å². The van der Waals surface area contributed by atoms with Gasteiger partial charge in [0.1, 0.15) is 11.2 Å². The van der Waals surface area contributed by atoms with Crippen molar-refractivity contribution in [3.05, 3.63) is 87.8 Å². The number of hydrogen-bond acceptors (Lipinski definition) is 4. The van der Waals surface area contributed by atoms with E-state index in [0.717, 1.165) is 5.69 Å². The van der Waals surface area contributed by atoms with Crippen LogP contribution in [-0.2, 0) is 0 Å². The number of aromatic nitrogens is 3. The van der Waals surface area contributed by atoms with Gasteiger partial charge in [0.2, 0.25) is 5.43 Å². The third-order valence-electron chi connectivity index (χ3n) is 4.66. The first kappa shape index (κ1) is 18.4. The summed E-state index contributed by atoms with van der Waals surface area (Å²) in [5.41, 5.74) is 2.35. The second kappa shape index (κ2) is 7.20. The highest BCUT2D eigenvalue weighted by atomic mass is 16.2. The molecule has 0 saturated carbocycles. The molecule has 0 aliphatic carbocycles. The number of aryl methyl sites for hydroxylation is 1. The molecule has 29 heavy (non-hydrogen) atoms. The molecule has 1 amide bonds. The normalized spacial score (nSPS) is 10.8. The number of anilines is 1. The van der Waals surface area contributed by atoms with Crippen LogP contribution in [0.3, 0.4) is 0 Å². The van der Waals surface area contributed by atoms with Crippen molar-refractivity contribution in [3.63, 3.8) is 0 Å². The Morgan fingerprint density at radius 1 is 1.07 bits per heavy atom. The summed E-state index contributed by atoms with van der Waals surface area (Å²) in [7, 11) is 0. The maximum absolute atomic E-state index is 13.0. The molecule has 0 fully saturated rings. The summed E-state index contributed by atoms with van der Waals surface area (Å²) < 4.78 is 1.64. The highest BCUT2D eigenvalue weighted by Crippen LogP contribution is 2.18. The van der Waals surface area contributed by atoms with Gasteiger partial charge in [0.15, 0.2) is 5.78 Å². The van der Waals surface area contributed by atoms with Gasteiger partial charge >= 0.3 is 0 Å². The Morgan fingerprint density at radius 3 is 2.55 bits per heavy atom. The van der Waals surface area contributed by atoms with Gasteiger partial charge in [0.05, 0.1) is 16.8 Å². The molecule has 0 aliphatic heterocycles. The number of H-pyrrole nitrogens is 1. The number of amides is 1. The lowest BCUT2D eigenvalue weighted by Crippen LogP contribution is -2.22. The van der Waals surface area contributed by atoms with Crippen LogP contribution in [0.5, 0.6) is 0 Å². The van der Waals surface area contributed by atoms with E-state index in [1.54, 1.807) is 35.9 Å². The van der Waals surface area contributed by atoms with Crippen LogP contribution >= 0.6 is 0 Å². The second-order valence-corrected chi connectivity index (χ2v) is 6.68. The summed E-state index contributed by atoms with van der Waals surface area (Å²) in [6, 6.07) is 16.0. The van der Waals surface area contributed by atoms with Crippen LogP contribution in [0.15, 0.2) is 65.6 Å². The van der Waals surface area contributed by atoms with E-state index in [1.165, 1.54) is 13.1 Å². The lowest BCUT2D eigenvalue weighted by Gasteiger charge is -2.07. The third kappa shape index (κ3) is 3.34. The lowest BCUT2D eigenvalue weighted by atomic mass is 10.1. The number of para-hydroxylation sites is 1. The second-order valence-electron chi connectivity index (χ2n) is 6.68. The van der Waals surface area contributed by atoms with Crippen molar-refractivity contribution in [2.45, 2.75) is 13.8 Å². The van der Waals surface area contributed by atoms with Crippen molar-refractivity contribution >= 4 is 28.4 Å². The molecular formula is C22H18N4O3. The first-order chi connectivity index (χ1) is 14.0. The number of fused-ring (bicyclic) bond motifs is 1. The number of Topliss-reactive ketones (excluding diaryl/α,β-unsaturated/α-hetero) is 1. The van der Waals surface area contributed by atoms with Crippen molar-refractivity contribution in [3.8, 4) is 5.69 Å². The van der Waals surface area contributed by atoms with E-state index in [2.05, 4.69) is 15.4 Å². The van der Waals surface area contributed by atoms with Gasteiger partial charge in [-0.15, -0.1) is 0 Å². The fourth-order valence-corrected chi connectivity index (χ4v) is 3.21. The van der Waals surface area contributed by atoms with Crippen molar-refractivity contribution in [1.29, 1.82) is 0 Å². The Morgan fingerprint density at radius 2 is 1.83 bits per heavy atom.